The number of hydrogen-bond donors (Lipinski definition) is 2. The predicted molar refractivity (Wildman–Crippen MR) is 65.5 cm³/mol. The molecule has 7 heteroatoms. The molecule has 0 bridgehead atoms. The summed E-state index contributed by atoms with van der Waals surface area (Å²) in [5.41, 5.74) is 10.8. The minimum atomic E-state index is -0.442. The van der Waals surface area contributed by atoms with E-state index >= 15 is 0 Å². The van der Waals surface area contributed by atoms with Crippen LogP contribution in [-0.2, 0) is 19.5 Å². The van der Waals surface area contributed by atoms with Crippen LogP contribution in [0.2, 0.25) is 0 Å². The molecule has 0 saturated carbocycles. The van der Waals surface area contributed by atoms with Gasteiger partial charge in [-0.15, -0.1) is 0 Å². The zero-order valence-electron chi connectivity index (χ0n) is 10.2. The van der Waals surface area contributed by atoms with Crippen LogP contribution in [0.25, 0.3) is 0 Å². The Morgan fingerprint density at radius 1 is 0.842 bits per heavy atom. The number of carbonyl (C=O) groups is 2. The first-order valence-corrected chi connectivity index (χ1v) is 5.01. The summed E-state index contributed by atoms with van der Waals surface area (Å²) in [6, 6.07) is 6.57. The number of primary amides is 2. The molecule has 2 amide bonds. The first kappa shape index (κ1) is 16.9. The topological polar surface area (TPSA) is 112 Å². The molecule has 6 nitrogen and oxygen atoms in total. The molecular weight excluding hydrogens is 298 g/mol. The summed E-state index contributed by atoms with van der Waals surface area (Å²) in [7, 11) is 0. The van der Waals surface area contributed by atoms with E-state index in [4.69, 9.17) is 11.5 Å². The molecule has 2 rings (SSSR count). The molecule has 0 aliphatic rings. The number of hydrogen-bond acceptors (Lipinski definition) is 4. The van der Waals surface area contributed by atoms with Gasteiger partial charge in [0.25, 0.3) is 0 Å². The average Bonchev–Trinajstić information content (AvgIpc) is 2.41. The van der Waals surface area contributed by atoms with Crippen LogP contribution < -0.4 is 11.5 Å². The maximum atomic E-state index is 10.4. The van der Waals surface area contributed by atoms with E-state index in [0.717, 1.165) is 0 Å². The third-order valence-corrected chi connectivity index (χ3v) is 1.89. The fraction of sp³-hybridized carbons (Fsp3) is 0. The van der Waals surface area contributed by atoms with Gasteiger partial charge in [0, 0.05) is 44.3 Å². The average molecular weight is 310 g/mol. The van der Waals surface area contributed by atoms with Gasteiger partial charge in [0.1, 0.15) is 0 Å². The quantitative estimate of drug-likeness (QED) is 0.780. The first-order chi connectivity index (χ1) is 8.61. The van der Waals surface area contributed by atoms with Crippen LogP contribution in [0.1, 0.15) is 20.7 Å². The van der Waals surface area contributed by atoms with Crippen LogP contribution in [0.3, 0.4) is 0 Å². The summed E-state index contributed by atoms with van der Waals surface area (Å²) >= 11 is 0. The van der Waals surface area contributed by atoms with Gasteiger partial charge in [-0.3, -0.25) is 19.6 Å². The molecule has 19 heavy (non-hydrogen) atoms. The fourth-order valence-electron chi connectivity index (χ4n) is 1.02. The van der Waals surface area contributed by atoms with Crippen molar-refractivity contribution in [2.75, 3.05) is 0 Å². The Hall–Kier alpha value is -2.14. The largest absolute Gasteiger partial charge is 0.366 e. The minimum Gasteiger partial charge on any atom is -0.366 e. The Morgan fingerprint density at radius 2 is 1.21 bits per heavy atom. The molecule has 2 aromatic heterocycles. The maximum absolute atomic E-state index is 10.4. The normalized spacial score (nSPS) is 8.42. The predicted octanol–water partition coefficient (Wildman–Crippen LogP) is 0.358. The molecule has 0 atom stereocenters. The van der Waals surface area contributed by atoms with E-state index in [0.29, 0.717) is 11.1 Å². The van der Waals surface area contributed by atoms with Crippen LogP contribution in [0.4, 0.5) is 0 Å². The van der Waals surface area contributed by atoms with Crippen LogP contribution in [0.15, 0.2) is 49.1 Å². The maximum Gasteiger partial charge on any atom is 0.250 e. The van der Waals surface area contributed by atoms with Gasteiger partial charge in [0.05, 0.1) is 11.1 Å². The Morgan fingerprint density at radius 3 is 1.37 bits per heavy atom. The molecule has 0 aliphatic heterocycles. The summed E-state index contributed by atoms with van der Waals surface area (Å²) in [5, 5.41) is 0. The van der Waals surface area contributed by atoms with Crippen molar-refractivity contribution >= 4 is 11.8 Å². The Balaban J connectivity index is 0.000000324. The molecule has 2 heterocycles. The van der Waals surface area contributed by atoms with Crippen molar-refractivity contribution in [2.45, 2.75) is 0 Å². The van der Waals surface area contributed by atoms with E-state index in [-0.39, 0.29) is 19.5 Å². The molecule has 2 aromatic rings. The van der Waals surface area contributed by atoms with E-state index in [9.17, 15) is 9.59 Å². The molecule has 0 saturated heterocycles. The van der Waals surface area contributed by atoms with Crippen molar-refractivity contribution in [1.29, 1.82) is 0 Å². The van der Waals surface area contributed by atoms with Crippen LogP contribution in [-0.4, -0.2) is 21.8 Å². The van der Waals surface area contributed by atoms with Crippen molar-refractivity contribution in [3.63, 3.8) is 0 Å². The number of carbonyl (C=O) groups excluding carboxylic acids is 2. The monoisotopic (exact) mass is 308 g/mol. The van der Waals surface area contributed by atoms with Gasteiger partial charge in [-0.25, -0.2) is 0 Å². The molecule has 0 aromatic carbocycles. The smallest absolute Gasteiger partial charge is 0.250 e. The van der Waals surface area contributed by atoms with Crippen molar-refractivity contribution in [3.8, 4) is 0 Å². The zero-order valence-corrected chi connectivity index (χ0v) is 13.2. The second-order valence-corrected chi connectivity index (χ2v) is 3.21. The van der Waals surface area contributed by atoms with Gasteiger partial charge < -0.3 is 11.5 Å². The number of amides is 2. The summed E-state index contributed by atoms with van der Waals surface area (Å²) in [6.07, 6.45) is 6.05. The zero-order chi connectivity index (χ0) is 13.4. The van der Waals surface area contributed by atoms with Gasteiger partial charge in [-0.1, -0.05) is 0 Å². The van der Waals surface area contributed by atoms with Gasteiger partial charge >= 0.3 is 0 Å². The van der Waals surface area contributed by atoms with Crippen LogP contribution in [0.5, 0.6) is 0 Å². The first-order valence-electron chi connectivity index (χ1n) is 5.01. The van der Waals surface area contributed by atoms with E-state index in [1.807, 2.05) is 0 Å². The number of nitrogens with two attached hydrogens (primary N) is 2. The SMILES string of the molecule is NC(=O)c1cccnc1.NC(=O)c1cccnc1.[Zn]. The molecule has 4 N–H and O–H groups in total. The fourth-order valence-corrected chi connectivity index (χ4v) is 1.02. The Labute approximate surface area is 123 Å². The Bertz CT molecular complexity index is 470. The third kappa shape index (κ3) is 6.38. The van der Waals surface area contributed by atoms with E-state index < -0.39 is 11.8 Å². The Kier molecular flexibility index (Phi) is 7.88. The van der Waals surface area contributed by atoms with Crippen molar-refractivity contribution in [1.82, 2.24) is 9.97 Å². The van der Waals surface area contributed by atoms with E-state index in [2.05, 4.69) is 9.97 Å². The van der Waals surface area contributed by atoms with Crippen LogP contribution >= 0.6 is 0 Å². The molecular formula is C12H12N4O2Zn. The van der Waals surface area contributed by atoms with Gasteiger partial charge in [-0.05, 0) is 24.3 Å². The van der Waals surface area contributed by atoms with Crippen molar-refractivity contribution in [3.05, 3.63) is 60.2 Å². The van der Waals surface area contributed by atoms with Gasteiger partial charge in [0.2, 0.25) is 11.8 Å². The van der Waals surface area contributed by atoms with Gasteiger partial charge in [-0.2, -0.15) is 0 Å². The van der Waals surface area contributed by atoms with Crippen LogP contribution in [0, 0.1) is 0 Å². The summed E-state index contributed by atoms with van der Waals surface area (Å²) in [4.78, 5) is 28.2. The second kappa shape index (κ2) is 8.88. The second-order valence-electron chi connectivity index (χ2n) is 3.21. The minimum absolute atomic E-state index is 0. The number of rotatable bonds is 2. The van der Waals surface area contributed by atoms with E-state index in [1.165, 1.54) is 12.4 Å². The third-order valence-electron chi connectivity index (χ3n) is 1.89. The molecule has 94 valence electrons. The molecule has 0 spiro atoms. The van der Waals surface area contributed by atoms with Crippen molar-refractivity contribution in [2.24, 2.45) is 11.5 Å². The molecule has 0 unspecified atom stereocenters. The van der Waals surface area contributed by atoms with Gasteiger partial charge in [0.15, 0.2) is 0 Å². The standard InChI is InChI=1S/2C6H6N2O.Zn/c2*7-6(9)5-2-1-3-8-4-5;/h2*1-4H,(H2,7,9);. The van der Waals surface area contributed by atoms with Crippen molar-refractivity contribution < 1.29 is 29.1 Å². The molecule has 0 fully saturated rings. The number of nitrogens with zero attached hydrogens (tertiary/aromatic N) is 2. The number of aromatic nitrogens is 2. The summed E-state index contributed by atoms with van der Waals surface area (Å²) in [5.74, 6) is -0.883. The molecule has 0 radical (unpaired) electrons. The number of pyridine rings is 2. The summed E-state index contributed by atoms with van der Waals surface area (Å²) < 4.78 is 0. The molecule has 0 aliphatic carbocycles. The van der Waals surface area contributed by atoms with E-state index in [1.54, 1.807) is 36.7 Å². The summed E-state index contributed by atoms with van der Waals surface area (Å²) in [6.45, 7) is 0.